The highest BCUT2D eigenvalue weighted by atomic mass is 35.5. The van der Waals surface area contributed by atoms with Gasteiger partial charge in [-0.25, -0.2) is 0 Å². The summed E-state index contributed by atoms with van der Waals surface area (Å²) in [5.41, 5.74) is 0.207. The third kappa shape index (κ3) is 5.79. The molecule has 2 aromatic rings. The standard InChI is InChI=1S/C17H17Cl2N3O4/c1-22(10-12-3-2-6-26-12)16(24)9-20-15(23)8-21-17(25)13-5-4-11(18)7-14(13)19/h2-7H,8-10H2,1H3,(H,20,23)(H,21,25). The number of nitrogens with one attached hydrogen (secondary N) is 2. The lowest BCUT2D eigenvalue weighted by Crippen LogP contribution is -2.42. The zero-order valence-corrected chi connectivity index (χ0v) is 15.4. The normalized spacial score (nSPS) is 10.3. The second kappa shape index (κ2) is 9.26. The van der Waals surface area contributed by atoms with Crippen LogP contribution in [0.3, 0.4) is 0 Å². The summed E-state index contributed by atoms with van der Waals surface area (Å²) in [6, 6.07) is 7.90. The van der Waals surface area contributed by atoms with Gasteiger partial charge in [-0.05, 0) is 30.3 Å². The fourth-order valence-corrected chi connectivity index (χ4v) is 2.52. The molecule has 1 heterocycles. The van der Waals surface area contributed by atoms with Crippen LogP contribution in [0.15, 0.2) is 41.0 Å². The van der Waals surface area contributed by atoms with Gasteiger partial charge in [0.2, 0.25) is 11.8 Å². The Balaban J connectivity index is 1.74. The Morgan fingerprint density at radius 1 is 1.12 bits per heavy atom. The number of furan rings is 1. The minimum absolute atomic E-state index is 0.185. The smallest absolute Gasteiger partial charge is 0.253 e. The first kappa shape index (κ1) is 19.8. The van der Waals surface area contributed by atoms with Gasteiger partial charge >= 0.3 is 0 Å². The number of likely N-dealkylation sites (N-methyl/N-ethyl adjacent to an activating group) is 1. The number of hydrogen-bond donors (Lipinski definition) is 2. The molecule has 0 saturated carbocycles. The molecule has 1 aromatic heterocycles. The molecule has 138 valence electrons. The average molecular weight is 398 g/mol. The molecule has 7 nitrogen and oxygen atoms in total. The Morgan fingerprint density at radius 2 is 1.88 bits per heavy atom. The Kier molecular flexibility index (Phi) is 7.06. The third-order valence-electron chi connectivity index (χ3n) is 3.42. The first-order valence-electron chi connectivity index (χ1n) is 7.63. The minimum atomic E-state index is -0.511. The predicted octanol–water partition coefficient (Wildman–Crippen LogP) is 2.09. The van der Waals surface area contributed by atoms with Crippen LogP contribution in [0.4, 0.5) is 0 Å². The van der Waals surface area contributed by atoms with Gasteiger partial charge in [0.25, 0.3) is 5.91 Å². The summed E-state index contributed by atoms with van der Waals surface area (Å²) >= 11 is 11.7. The number of hydrogen-bond acceptors (Lipinski definition) is 4. The van der Waals surface area contributed by atoms with Crippen LogP contribution in [-0.4, -0.2) is 42.8 Å². The van der Waals surface area contributed by atoms with E-state index in [1.807, 2.05) is 0 Å². The third-order valence-corrected chi connectivity index (χ3v) is 3.97. The molecule has 1 aromatic carbocycles. The Labute approximate surface area is 160 Å². The average Bonchev–Trinajstić information content (AvgIpc) is 3.10. The highest BCUT2D eigenvalue weighted by Crippen LogP contribution is 2.20. The molecule has 0 saturated heterocycles. The molecular weight excluding hydrogens is 381 g/mol. The van der Waals surface area contributed by atoms with Crippen molar-refractivity contribution in [2.24, 2.45) is 0 Å². The van der Waals surface area contributed by atoms with Crippen molar-refractivity contribution in [1.82, 2.24) is 15.5 Å². The fraction of sp³-hybridized carbons (Fsp3) is 0.235. The maximum Gasteiger partial charge on any atom is 0.253 e. The molecule has 26 heavy (non-hydrogen) atoms. The summed E-state index contributed by atoms with van der Waals surface area (Å²) in [5.74, 6) is -0.660. The van der Waals surface area contributed by atoms with Gasteiger partial charge in [0, 0.05) is 12.1 Å². The maximum atomic E-state index is 12.0. The van der Waals surface area contributed by atoms with Crippen LogP contribution in [-0.2, 0) is 16.1 Å². The van der Waals surface area contributed by atoms with Gasteiger partial charge < -0.3 is 20.0 Å². The summed E-state index contributed by atoms with van der Waals surface area (Å²) in [6.45, 7) is -0.173. The van der Waals surface area contributed by atoms with Gasteiger partial charge in [0.1, 0.15) is 5.76 Å². The van der Waals surface area contributed by atoms with Gasteiger partial charge in [-0.3, -0.25) is 14.4 Å². The highest BCUT2D eigenvalue weighted by Gasteiger charge is 2.14. The summed E-state index contributed by atoms with van der Waals surface area (Å²) in [7, 11) is 1.60. The Morgan fingerprint density at radius 3 is 2.54 bits per heavy atom. The zero-order chi connectivity index (χ0) is 19.1. The monoisotopic (exact) mass is 397 g/mol. The molecule has 3 amide bonds. The summed E-state index contributed by atoms with van der Waals surface area (Å²) in [6.07, 6.45) is 1.52. The van der Waals surface area contributed by atoms with Crippen LogP contribution in [0.1, 0.15) is 16.1 Å². The summed E-state index contributed by atoms with van der Waals surface area (Å²) in [4.78, 5) is 37.2. The molecule has 0 aliphatic carbocycles. The van der Waals surface area contributed by atoms with E-state index in [1.165, 1.54) is 29.4 Å². The molecule has 0 radical (unpaired) electrons. The van der Waals surface area contributed by atoms with Crippen molar-refractivity contribution in [3.05, 3.63) is 58.0 Å². The topological polar surface area (TPSA) is 91.7 Å². The molecule has 0 aliphatic heterocycles. The lowest BCUT2D eigenvalue weighted by atomic mass is 10.2. The molecule has 0 aliphatic rings. The van der Waals surface area contributed by atoms with E-state index in [0.717, 1.165) is 0 Å². The predicted molar refractivity (Wildman–Crippen MR) is 97.0 cm³/mol. The van der Waals surface area contributed by atoms with Crippen LogP contribution < -0.4 is 10.6 Å². The Hall–Kier alpha value is -2.51. The van der Waals surface area contributed by atoms with Crippen molar-refractivity contribution in [3.63, 3.8) is 0 Å². The SMILES string of the molecule is CN(Cc1ccco1)C(=O)CNC(=O)CNC(=O)c1ccc(Cl)cc1Cl. The number of carbonyl (C=O) groups is 3. The number of nitrogens with zero attached hydrogens (tertiary/aromatic N) is 1. The van der Waals surface area contributed by atoms with Gasteiger partial charge in [-0.15, -0.1) is 0 Å². The Bertz CT molecular complexity index is 793. The number of amides is 3. The van der Waals surface area contributed by atoms with Crippen LogP contribution in [0.2, 0.25) is 10.0 Å². The van der Waals surface area contributed by atoms with Crippen molar-refractivity contribution in [2.45, 2.75) is 6.54 Å². The van der Waals surface area contributed by atoms with Crippen molar-refractivity contribution in [1.29, 1.82) is 0 Å². The van der Waals surface area contributed by atoms with Gasteiger partial charge in [-0.1, -0.05) is 23.2 Å². The first-order chi connectivity index (χ1) is 12.4. The zero-order valence-electron chi connectivity index (χ0n) is 13.9. The van der Waals surface area contributed by atoms with E-state index < -0.39 is 11.8 Å². The quantitative estimate of drug-likeness (QED) is 0.747. The van der Waals surface area contributed by atoms with E-state index >= 15 is 0 Å². The first-order valence-corrected chi connectivity index (χ1v) is 8.38. The van der Waals surface area contributed by atoms with Crippen molar-refractivity contribution in [2.75, 3.05) is 20.1 Å². The lowest BCUT2D eigenvalue weighted by molar-refractivity contribution is -0.132. The molecular formula is C17H17Cl2N3O4. The second-order valence-corrected chi connectivity index (χ2v) is 6.26. The van der Waals surface area contributed by atoms with Gasteiger partial charge in [-0.2, -0.15) is 0 Å². The number of halogens is 2. The van der Waals surface area contributed by atoms with Crippen molar-refractivity contribution < 1.29 is 18.8 Å². The van der Waals surface area contributed by atoms with Crippen molar-refractivity contribution >= 4 is 40.9 Å². The number of rotatable bonds is 7. The van der Waals surface area contributed by atoms with Crippen LogP contribution in [0.25, 0.3) is 0 Å². The molecule has 0 unspecified atom stereocenters. The van der Waals surface area contributed by atoms with E-state index in [-0.39, 0.29) is 29.6 Å². The molecule has 9 heteroatoms. The van der Waals surface area contributed by atoms with Gasteiger partial charge in [0.15, 0.2) is 0 Å². The van der Waals surface area contributed by atoms with E-state index in [0.29, 0.717) is 17.3 Å². The van der Waals surface area contributed by atoms with E-state index in [4.69, 9.17) is 27.6 Å². The fourth-order valence-electron chi connectivity index (χ4n) is 2.03. The number of benzene rings is 1. The van der Waals surface area contributed by atoms with Crippen LogP contribution in [0, 0.1) is 0 Å². The molecule has 2 N–H and O–H groups in total. The van der Waals surface area contributed by atoms with E-state index in [9.17, 15) is 14.4 Å². The maximum absolute atomic E-state index is 12.0. The van der Waals surface area contributed by atoms with Crippen LogP contribution >= 0.6 is 23.2 Å². The minimum Gasteiger partial charge on any atom is -0.467 e. The van der Waals surface area contributed by atoms with Crippen molar-refractivity contribution in [3.8, 4) is 0 Å². The van der Waals surface area contributed by atoms with E-state index in [2.05, 4.69) is 10.6 Å². The lowest BCUT2D eigenvalue weighted by Gasteiger charge is -2.16. The van der Waals surface area contributed by atoms with Gasteiger partial charge in [0.05, 0.1) is 36.5 Å². The molecule has 2 rings (SSSR count). The summed E-state index contributed by atoms with van der Waals surface area (Å²) < 4.78 is 5.16. The highest BCUT2D eigenvalue weighted by molar-refractivity contribution is 6.36. The molecule has 0 spiro atoms. The molecule has 0 fully saturated rings. The summed E-state index contributed by atoms with van der Waals surface area (Å²) in [5, 5.41) is 5.46. The number of carbonyl (C=O) groups excluding carboxylic acids is 3. The van der Waals surface area contributed by atoms with E-state index in [1.54, 1.807) is 19.2 Å². The largest absolute Gasteiger partial charge is 0.467 e. The molecule has 0 bridgehead atoms. The molecule has 0 atom stereocenters. The second-order valence-electron chi connectivity index (χ2n) is 5.41. The van der Waals surface area contributed by atoms with Crippen LogP contribution in [0.5, 0.6) is 0 Å².